The van der Waals surface area contributed by atoms with Gasteiger partial charge in [-0.25, -0.2) is 9.37 Å². The second-order valence-corrected chi connectivity index (χ2v) is 7.19. The molecule has 7 heteroatoms. The number of methoxy groups -OCH3 is 1. The first kappa shape index (κ1) is 19.9. The number of ether oxygens (including phenoxy) is 1. The van der Waals surface area contributed by atoms with E-state index in [2.05, 4.69) is 9.88 Å². The molecule has 0 radical (unpaired) electrons. The fraction of sp³-hybridized carbons (Fsp3) is 0.304. The Labute approximate surface area is 174 Å². The topological polar surface area (TPSA) is 58.8 Å². The van der Waals surface area contributed by atoms with Gasteiger partial charge in [0.2, 0.25) is 5.91 Å². The molecule has 0 spiro atoms. The Hall–Kier alpha value is -3.35. The Bertz CT molecular complexity index is 995. The van der Waals surface area contributed by atoms with Gasteiger partial charge in [-0.15, -0.1) is 0 Å². The first-order valence-electron chi connectivity index (χ1n) is 10.00. The average molecular weight is 409 g/mol. The highest BCUT2D eigenvalue weighted by Gasteiger charge is 2.21. The quantitative estimate of drug-likeness (QED) is 0.620. The predicted molar refractivity (Wildman–Crippen MR) is 112 cm³/mol. The fourth-order valence-electron chi connectivity index (χ4n) is 3.57. The fourth-order valence-corrected chi connectivity index (χ4v) is 3.57. The standard InChI is InChI=1S/C23H24FN3O3/c1-29-20-4-2-3-17(15-20)21-16-25-22(30-21)9-10-23(28)27-13-11-26(12-14-27)19-7-5-18(24)6-8-19/h2-8,15-16H,9-14H2,1H3. The normalized spacial score (nSPS) is 14.1. The van der Waals surface area contributed by atoms with Gasteiger partial charge in [-0.2, -0.15) is 0 Å². The number of piperazine rings is 1. The largest absolute Gasteiger partial charge is 0.497 e. The number of hydrogen-bond acceptors (Lipinski definition) is 5. The summed E-state index contributed by atoms with van der Waals surface area (Å²) in [6.07, 6.45) is 2.49. The molecule has 0 bridgehead atoms. The number of rotatable bonds is 6. The molecule has 0 saturated carbocycles. The summed E-state index contributed by atoms with van der Waals surface area (Å²) in [4.78, 5) is 20.9. The molecule has 2 heterocycles. The van der Waals surface area contributed by atoms with Crippen molar-refractivity contribution in [1.82, 2.24) is 9.88 Å². The molecular weight excluding hydrogens is 385 g/mol. The highest BCUT2D eigenvalue weighted by atomic mass is 19.1. The summed E-state index contributed by atoms with van der Waals surface area (Å²) >= 11 is 0. The van der Waals surface area contributed by atoms with Gasteiger partial charge in [0.25, 0.3) is 0 Å². The van der Waals surface area contributed by atoms with Crippen molar-refractivity contribution in [2.24, 2.45) is 0 Å². The maximum Gasteiger partial charge on any atom is 0.223 e. The molecular formula is C23H24FN3O3. The van der Waals surface area contributed by atoms with Gasteiger partial charge in [0.1, 0.15) is 11.6 Å². The summed E-state index contributed by atoms with van der Waals surface area (Å²) < 4.78 is 24.1. The molecule has 1 aromatic heterocycles. The summed E-state index contributed by atoms with van der Waals surface area (Å²) in [6.45, 7) is 2.76. The molecule has 0 aliphatic carbocycles. The van der Waals surface area contributed by atoms with E-state index >= 15 is 0 Å². The lowest BCUT2D eigenvalue weighted by atomic mass is 10.2. The van der Waals surface area contributed by atoms with E-state index in [4.69, 9.17) is 9.15 Å². The van der Waals surface area contributed by atoms with E-state index in [1.807, 2.05) is 29.2 Å². The average Bonchev–Trinajstić information content (AvgIpc) is 3.27. The molecule has 1 aliphatic rings. The van der Waals surface area contributed by atoms with E-state index < -0.39 is 0 Å². The van der Waals surface area contributed by atoms with Crippen LogP contribution < -0.4 is 9.64 Å². The highest BCUT2D eigenvalue weighted by molar-refractivity contribution is 5.76. The number of benzene rings is 2. The lowest BCUT2D eigenvalue weighted by Crippen LogP contribution is -2.48. The number of oxazole rings is 1. The Balaban J connectivity index is 1.28. The van der Waals surface area contributed by atoms with E-state index in [0.717, 1.165) is 30.1 Å². The molecule has 1 saturated heterocycles. The van der Waals surface area contributed by atoms with Crippen molar-refractivity contribution < 1.29 is 18.3 Å². The predicted octanol–water partition coefficient (Wildman–Crippen LogP) is 3.77. The van der Waals surface area contributed by atoms with Crippen molar-refractivity contribution in [2.45, 2.75) is 12.8 Å². The maximum absolute atomic E-state index is 13.1. The number of anilines is 1. The zero-order chi connectivity index (χ0) is 20.9. The highest BCUT2D eigenvalue weighted by Crippen LogP contribution is 2.25. The van der Waals surface area contributed by atoms with Crippen LogP contribution in [-0.2, 0) is 11.2 Å². The van der Waals surface area contributed by atoms with Crippen molar-refractivity contribution in [3.8, 4) is 17.1 Å². The summed E-state index contributed by atoms with van der Waals surface area (Å²) in [5.74, 6) is 1.80. The Morgan fingerprint density at radius 3 is 2.63 bits per heavy atom. The van der Waals surface area contributed by atoms with Crippen molar-refractivity contribution in [3.63, 3.8) is 0 Å². The van der Waals surface area contributed by atoms with E-state index in [1.165, 1.54) is 12.1 Å². The first-order chi connectivity index (χ1) is 14.6. The van der Waals surface area contributed by atoms with Gasteiger partial charge in [-0.3, -0.25) is 4.79 Å². The van der Waals surface area contributed by atoms with Gasteiger partial charge in [-0.1, -0.05) is 12.1 Å². The molecule has 3 aromatic rings. The first-order valence-corrected chi connectivity index (χ1v) is 10.00. The lowest BCUT2D eigenvalue weighted by Gasteiger charge is -2.36. The summed E-state index contributed by atoms with van der Waals surface area (Å²) in [5, 5.41) is 0. The number of aromatic nitrogens is 1. The minimum Gasteiger partial charge on any atom is -0.497 e. The molecule has 0 unspecified atom stereocenters. The van der Waals surface area contributed by atoms with Crippen LogP contribution in [0.4, 0.5) is 10.1 Å². The molecule has 1 amide bonds. The van der Waals surface area contributed by atoms with Gasteiger partial charge in [0.05, 0.1) is 13.3 Å². The van der Waals surface area contributed by atoms with Crippen LogP contribution in [0.5, 0.6) is 5.75 Å². The number of halogens is 1. The minimum absolute atomic E-state index is 0.0925. The van der Waals surface area contributed by atoms with Crippen molar-refractivity contribution >= 4 is 11.6 Å². The SMILES string of the molecule is COc1cccc(-c2cnc(CCC(=O)N3CCN(c4ccc(F)cc4)CC3)o2)c1. The van der Waals surface area contributed by atoms with Crippen LogP contribution in [0.3, 0.4) is 0 Å². The third kappa shape index (κ3) is 4.62. The van der Waals surface area contributed by atoms with Crippen LogP contribution in [0.25, 0.3) is 11.3 Å². The number of hydrogen-bond donors (Lipinski definition) is 0. The Morgan fingerprint density at radius 1 is 1.13 bits per heavy atom. The molecule has 2 aromatic carbocycles. The van der Waals surface area contributed by atoms with Crippen LogP contribution in [0.15, 0.2) is 59.1 Å². The smallest absolute Gasteiger partial charge is 0.223 e. The van der Waals surface area contributed by atoms with Gasteiger partial charge in [-0.05, 0) is 36.4 Å². The number of carbonyl (C=O) groups excluding carboxylic acids is 1. The van der Waals surface area contributed by atoms with Crippen LogP contribution in [0, 0.1) is 5.82 Å². The van der Waals surface area contributed by atoms with Crippen LogP contribution in [0.1, 0.15) is 12.3 Å². The lowest BCUT2D eigenvalue weighted by molar-refractivity contribution is -0.131. The summed E-state index contributed by atoms with van der Waals surface area (Å²) in [7, 11) is 1.62. The van der Waals surface area contributed by atoms with Crippen LogP contribution >= 0.6 is 0 Å². The summed E-state index contributed by atoms with van der Waals surface area (Å²) in [5.41, 5.74) is 1.87. The third-order valence-corrected chi connectivity index (χ3v) is 5.28. The zero-order valence-electron chi connectivity index (χ0n) is 16.9. The molecule has 156 valence electrons. The molecule has 6 nitrogen and oxygen atoms in total. The van der Waals surface area contributed by atoms with Crippen LogP contribution in [0.2, 0.25) is 0 Å². The van der Waals surface area contributed by atoms with Crippen molar-refractivity contribution in [3.05, 3.63) is 66.4 Å². The maximum atomic E-state index is 13.1. The number of carbonyl (C=O) groups is 1. The second-order valence-electron chi connectivity index (χ2n) is 7.19. The Morgan fingerprint density at radius 2 is 1.90 bits per heavy atom. The van der Waals surface area contributed by atoms with E-state index in [9.17, 15) is 9.18 Å². The van der Waals surface area contributed by atoms with Gasteiger partial charge >= 0.3 is 0 Å². The molecule has 0 atom stereocenters. The zero-order valence-corrected chi connectivity index (χ0v) is 16.9. The molecule has 1 fully saturated rings. The molecule has 1 aliphatic heterocycles. The van der Waals surface area contributed by atoms with E-state index in [0.29, 0.717) is 37.6 Å². The Kier molecular flexibility index (Phi) is 5.97. The minimum atomic E-state index is -0.242. The van der Waals surface area contributed by atoms with Crippen LogP contribution in [-0.4, -0.2) is 49.1 Å². The molecule has 4 rings (SSSR count). The number of nitrogens with zero attached hydrogens (tertiary/aromatic N) is 3. The van der Waals surface area contributed by atoms with Gasteiger partial charge in [0.15, 0.2) is 11.7 Å². The summed E-state index contributed by atoms with van der Waals surface area (Å²) in [6, 6.07) is 14.0. The van der Waals surface area contributed by atoms with Gasteiger partial charge in [0, 0.05) is 50.3 Å². The monoisotopic (exact) mass is 409 g/mol. The van der Waals surface area contributed by atoms with E-state index in [1.54, 1.807) is 25.4 Å². The van der Waals surface area contributed by atoms with Gasteiger partial charge < -0.3 is 19.0 Å². The molecule has 30 heavy (non-hydrogen) atoms. The molecule has 0 N–H and O–H groups in total. The number of aryl methyl sites for hydroxylation is 1. The van der Waals surface area contributed by atoms with Crippen molar-refractivity contribution in [1.29, 1.82) is 0 Å². The number of amides is 1. The van der Waals surface area contributed by atoms with E-state index in [-0.39, 0.29) is 11.7 Å². The third-order valence-electron chi connectivity index (χ3n) is 5.28. The van der Waals surface area contributed by atoms with Crippen molar-refractivity contribution in [2.75, 3.05) is 38.2 Å². The second kappa shape index (κ2) is 8.98.